The number of unbranched alkanes of at least 4 members (excludes halogenated alkanes) is 2. The fourth-order valence-electron chi connectivity index (χ4n) is 4.07. The van der Waals surface area contributed by atoms with E-state index in [0.29, 0.717) is 24.2 Å². The monoisotopic (exact) mass is 287 g/mol. The maximum atomic E-state index is 6.20. The van der Waals surface area contributed by atoms with Crippen molar-refractivity contribution < 1.29 is 4.74 Å². The van der Waals surface area contributed by atoms with Crippen molar-refractivity contribution in [2.75, 3.05) is 6.61 Å². The quantitative estimate of drug-likeness (QED) is 0.724. The van der Waals surface area contributed by atoms with Gasteiger partial charge in [-0.05, 0) is 30.7 Å². The average Bonchev–Trinajstić information content (AvgIpc) is 2.97. The number of hydrogen-bond donors (Lipinski definition) is 0. The van der Waals surface area contributed by atoms with Crippen LogP contribution in [0, 0.1) is 5.92 Å². The zero-order valence-electron chi connectivity index (χ0n) is 13.5. The lowest BCUT2D eigenvalue weighted by Gasteiger charge is -2.43. The standard InChI is InChI=1S/C19H29NO/c1-3-4-6-11-17-13-12-15(2)19-20(17)18(14-21-19)16-9-7-5-8-10-16/h5,7-10,15,17-19H,3-4,6,11-14H2,1-2H3/t15-,17-,18-,19+/m0/s1. The number of hydrogen-bond acceptors (Lipinski definition) is 2. The molecule has 2 saturated heterocycles. The molecule has 0 bridgehead atoms. The molecule has 0 aromatic heterocycles. The highest BCUT2D eigenvalue weighted by molar-refractivity contribution is 5.21. The van der Waals surface area contributed by atoms with Crippen molar-refractivity contribution in [3.8, 4) is 0 Å². The molecule has 3 rings (SSSR count). The summed E-state index contributed by atoms with van der Waals surface area (Å²) in [6.07, 6.45) is 8.38. The Hall–Kier alpha value is -0.860. The van der Waals surface area contributed by atoms with Crippen LogP contribution in [0.2, 0.25) is 0 Å². The molecule has 2 aliphatic rings. The minimum Gasteiger partial charge on any atom is -0.361 e. The Morgan fingerprint density at radius 3 is 2.71 bits per heavy atom. The van der Waals surface area contributed by atoms with Gasteiger partial charge >= 0.3 is 0 Å². The van der Waals surface area contributed by atoms with Crippen molar-refractivity contribution in [1.29, 1.82) is 0 Å². The molecular formula is C19H29NO. The summed E-state index contributed by atoms with van der Waals surface area (Å²) in [5.41, 5.74) is 1.43. The van der Waals surface area contributed by atoms with Crippen LogP contribution in [0.1, 0.15) is 64.0 Å². The maximum absolute atomic E-state index is 6.20. The van der Waals surface area contributed by atoms with Crippen LogP contribution in [-0.4, -0.2) is 23.8 Å². The second kappa shape index (κ2) is 6.93. The van der Waals surface area contributed by atoms with Crippen molar-refractivity contribution in [2.45, 2.75) is 70.7 Å². The number of piperidine rings is 1. The maximum Gasteiger partial charge on any atom is 0.114 e. The Bertz CT molecular complexity index is 432. The first kappa shape index (κ1) is 15.1. The van der Waals surface area contributed by atoms with Crippen molar-refractivity contribution >= 4 is 0 Å². The molecule has 2 nitrogen and oxygen atoms in total. The third-order valence-electron chi connectivity index (χ3n) is 5.27. The van der Waals surface area contributed by atoms with Gasteiger partial charge in [-0.2, -0.15) is 0 Å². The van der Waals surface area contributed by atoms with Crippen LogP contribution in [0.15, 0.2) is 30.3 Å². The SMILES string of the molecule is CCCCC[C@H]1CC[C@H](C)[C@H]2OC[C@@H](c3ccccc3)N12. The van der Waals surface area contributed by atoms with E-state index < -0.39 is 0 Å². The van der Waals surface area contributed by atoms with Gasteiger partial charge in [-0.1, -0.05) is 63.4 Å². The van der Waals surface area contributed by atoms with Gasteiger partial charge in [0.1, 0.15) is 6.23 Å². The number of fused-ring (bicyclic) bond motifs is 1. The van der Waals surface area contributed by atoms with Gasteiger partial charge in [-0.25, -0.2) is 0 Å². The lowest BCUT2D eigenvalue weighted by molar-refractivity contribution is -0.0639. The predicted octanol–water partition coefficient (Wildman–Crippen LogP) is 4.76. The molecule has 0 aliphatic carbocycles. The lowest BCUT2D eigenvalue weighted by Crippen LogP contribution is -2.48. The number of nitrogens with zero attached hydrogens (tertiary/aromatic N) is 1. The van der Waals surface area contributed by atoms with Gasteiger partial charge in [-0.3, -0.25) is 4.90 Å². The van der Waals surface area contributed by atoms with Crippen LogP contribution < -0.4 is 0 Å². The van der Waals surface area contributed by atoms with E-state index in [1.165, 1.54) is 44.1 Å². The topological polar surface area (TPSA) is 12.5 Å². The summed E-state index contributed by atoms with van der Waals surface area (Å²) in [5, 5.41) is 0. The van der Waals surface area contributed by atoms with Gasteiger partial charge in [0.05, 0.1) is 12.6 Å². The molecule has 4 atom stereocenters. The zero-order chi connectivity index (χ0) is 14.7. The molecule has 1 aromatic rings. The Labute approximate surface area is 129 Å². The van der Waals surface area contributed by atoms with Crippen LogP contribution >= 0.6 is 0 Å². The predicted molar refractivity (Wildman–Crippen MR) is 87.1 cm³/mol. The molecule has 2 fully saturated rings. The van der Waals surface area contributed by atoms with Crippen LogP contribution in [-0.2, 0) is 4.74 Å². The summed E-state index contributed by atoms with van der Waals surface area (Å²) < 4.78 is 6.20. The Morgan fingerprint density at radius 2 is 1.95 bits per heavy atom. The molecule has 2 aliphatic heterocycles. The normalized spacial score (nSPS) is 33.0. The molecule has 116 valence electrons. The van der Waals surface area contributed by atoms with Gasteiger partial charge in [0.15, 0.2) is 0 Å². The number of ether oxygens (including phenoxy) is 1. The second-order valence-electron chi connectivity index (χ2n) is 6.80. The summed E-state index contributed by atoms with van der Waals surface area (Å²) >= 11 is 0. The first-order valence-electron chi connectivity index (χ1n) is 8.75. The van der Waals surface area contributed by atoms with E-state index in [1.54, 1.807) is 0 Å². The molecule has 0 unspecified atom stereocenters. The van der Waals surface area contributed by atoms with Crippen LogP contribution in [0.5, 0.6) is 0 Å². The van der Waals surface area contributed by atoms with E-state index in [2.05, 4.69) is 49.1 Å². The Morgan fingerprint density at radius 1 is 1.14 bits per heavy atom. The Balaban J connectivity index is 1.76. The van der Waals surface area contributed by atoms with Gasteiger partial charge < -0.3 is 4.74 Å². The van der Waals surface area contributed by atoms with E-state index in [1.807, 2.05) is 0 Å². The van der Waals surface area contributed by atoms with Crippen molar-refractivity contribution in [2.24, 2.45) is 5.92 Å². The molecular weight excluding hydrogens is 258 g/mol. The largest absolute Gasteiger partial charge is 0.361 e. The van der Waals surface area contributed by atoms with Crippen LogP contribution in [0.3, 0.4) is 0 Å². The summed E-state index contributed by atoms with van der Waals surface area (Å²) in [5.74, 6) is 0.668. The molecule has 0 saturated carbocycles. The summed E-state index contributed by atoms with van der Waals surface area (Å²) in [4.78, 5) is 2.71. The number of benzene rings is 1. The highest BCUT2D eigenvalue weighted by atomic mass is 16.5. The molecule has 0 spiro atoms. The third-order valence-corrected chi connectivity index (χ3v) is 5.27. The summed E-state index contributed by atoms with van der Waals surface area (Å²) in [7, 11) is 0. The Kier molecular flexibility index (Phi) is 4.97. The lowest BCUT2D eigenvalue weighted by atomic mass is 9.88. The summed E-state index contributed by atoms with van der Waals surface area (Å²) in [6.45, 7) is 5.51. The van der Waals surface area contributed by atoms with Crippen molar-refractivity contribution in [1.82, 2.24) is 4.90 Å². The van der Waals surface area contributed by atoms with E-state index in [0.717, 1.165) is 6.61 Å². The molecule has 1 aromatic carbocycles. The average molecular weight is 287 g/mol. The molecule has 0 radical (unpaired) electrons. The van der Waals surface area contributed by atoms with Crippen molar-refractivity contribution in [3.05, 3.63) is 35.9 Å². The minimum absolute atomic E-state index is 0.343. The minimum atomic E-state index is 0.343. The molecule has 0 N–H and O–H groups in total. The third kappa shape index (κ3) is 3.17. The van der Waals surface area contributed by atoms with Crippen LogP contribution in [0.25, 0.3) is 0 Å². The van der Waals surface area contributed by atoms with E-state index in [4.69, 9.17) is 4.74 Å². The van der Waals surface area contributed by atoms with E-state index in [9.17, 15) is 0 Å². The van der Waals surface area contributed by atoms with E-state index in [-0.39, 0.29) is 0 Å². The smallest absolute Gasteiger partial charge is 0.114 e. The van der Waals surface area contributed by atoms with E-state index >= 15 is 0 Å². The van der Waals surface area contributed by atoms with Crippen LogP contribution in [0.4, 0.5) is 0 Å². The number of rotatable bonds is 5. The zero-order valence-corrected chi connectivity index (χ0v) is 13.5. The van der Waals surface area contributed by atoms with Gasteiger partial charge in [-0.15, -0.1) is 0 Å². The highest BCUT2D eigenvalue weighted by Gasteiger charge is 2.44. The molecule has 0 amide bonds. The highest BCUT2D eigenvalue weighted by Crippen LogP contribution is 2.42. The molecule has 2 heteroatoms. The molecule has 2 heterocycles. The second-order valence-corrected chi connectivity index (χ2v) is 6.80. The van der Waals surface area contributed by atoms with Gasteiger partial charge in [0.25, 0.3) is 0 Å². The first-order chi connectivity index (χ1) is 10.3. The van der Waals surface area contributed by atoms with Gasteiger partial charge in [0, 0.05) is 6.04 Å². The first-order valence-corrected chi connectivity index (χ1v) is 8.75. The molecule has 21 heavy (non-hydrogen) atoms. The van der Waals surface area contributed by atoms with Crippen molar-refractivity contribution in [3.63, 3.8) is 0 Å². The van der Waals surface area contributed by atoms with Gasteiger partial charge in [0.2, 0.25) is 0 Å². The fourth-order valence-corrected chi connectivity index (χ4v) is 4.07. The fraction of sp³-hybridized carbons (Fsp3) is 0.684. The summed E-state index contributed by atoms with van der Waals surface area (Å²) in [6, 6.07) is 12.1.